The molecule has 114 valence electrons. The van der Waals surface area contributed by atoms with Gasteiger partial charge in [-0.05, 0) is 19.3 Å². The molecular weight excluding hydrogens is 284 g/mol. The lowest BCUT2D eigenvalue weighted by Gasteiger charge is -2.29. The zero-order valence-electron chi connectivity index (χ0n) is 11.3. The average Bonchev–Trinajstić information content (AvgIpc) is 2.75. The molecule has 8 heteroatoms. The van der Waals surface area contributed by atoms with Crippen molar-refractivity contribution in [3.8, 4) is 0 Å². The van der Waals surface area contributed by atoms with Crippen molar-refractivity contribution in [3.63, 3.8) is 0 Å². The van der Waals surface area contributed by atoms with Crippen LogP contribution in [0.2, 0.25) is 0 Å². The van der Waals surface area contributed by atoms with Gasteiger partial charge in [0.15, 0.2) is 9.84 Å². The van der Waals surface area contributed by atoms with E-state index in [2.05, 4.69) is 5.32 Å². The summed E-state index contributed by atoms with van der Waals surface area (Å²) in [6.07, 6.45) is 2.82. The van der Waals surface area contributed by atoms with E-state index in [0.29, 0.717) is 25.8 Å². The summed E-state index contributed by atoms with van der Waals surface area (Å²) in [7, 11) is -3.08. The maximum atomic E-state index is 12.2. The molecule has 0 aromatic rings. The fraction of sp³-hybridized carbons (Fsp3) is 0.833. The molecule has 20 heavy (non-hydrogen) atoms. The maximum absolute atomic E-state index is 12.2. The number of urea groups is 1. The van der Waals surface area contributed by atoms with E-state index in [0.717, 1.165) is 12.8 Å². The van der Waals surface area contributed by atoms with Gasteiger partial charge in [0.05, 0.1) is 11.5 Å². The van der Waals surface area contributed by atoms with Gasteiger partial charge < -0.3 is 15.3 Å². The fourth-order valence-corrected chi connectivity index (χ4v) is 4.07. The molecule has 2 rings (SSSR count). The van der Waals surface area contributed by atoms with Gasteiger partial charge in [0.1, 0.15) is 5.54 Å². The summed E-state index contributed by atoms with van der Waals surface area (Å²) in [5.74, 6) is -0.979. The Morgan fingerprint density at radius 1 is 1.05 bits per heavy atom. The Kier molecular flexibility index (Phi) is 4.22. The second-order valence-electron chi connectivity index (χ2n) is 5.52. The van der Waals surface area contributed by atoms with E-state index in [4.69, 9.17) is 0 Å². The predicted molar refractivity (Wildman–Crippen MR) is 72.2 cm³/mol. The molecule has 0 atom stereocenters. The molecule has 2 fully saturated rings. The number of carboxylic acid groups (broad SMARTS) is 1. The first-order valence-corrected chi connectivity index (χ1v) is 8.68. The van der Waals surface area contributed by atoms with Crippen molar-refractivity contribution in [1.29, 1.82) is 0 Å². The monoisotopic (exact) mass is 304 g/mol. The van der Waals surface area contributed by atoms with Gasteiger partial charge in [0.2, 0.25) is 0 Å². The van der Waals surface area contributed by atoms with Crippen LogP contribution < -0.4 is 5.32 Å². The van der Waals surface area contributed by atoms with Gasteiger partial charge >= 0.3 is 12.0 Å². The Morgan fingerprint density at radius 2 is 1.70 bits per heavy atom. The van der Waals surface area contributed by atoms with Crippen LogP contribution in [-0.2, 0) is 14.6 Å². The van der Waals surface area contributed by atoms with Crippen LogP contribution >= 0.6 is 0 Å². The Morgan fingerprint density at radius 3 is 2.30 bits per heavy atom. The number of sulfone groups is 1. The Balaban J connectivity index is 2.02. The molecule has 2 N–H and O–H groups in total. The standard InChI is InChI=1S/C12H20N2O5S/c15-10(16)12(4-1-2-5-12)13-11(17)14-6-3-8-20(18,19)9-7-14/h1-9H2,(H,13,17)(H,15,16). The molecule has 0 unspecified atom stereocenters. The second kappa shape index (κ2) is 5.59. The van der Waals surface area contributed by atoms with Gasteiger partial charge in [-0.3, -0.25) is 0 Å². The van der Waals surface area contributed by atoms with E-state index in [1.807, 2.05) is 0 Å². The zero-order valence-corrected chi connectivity index (χ0v) is 12.1. The highest BCUT2D eigenvalue weighted by Gasteiger charge is 2.43. The molecule has 0 bridgehead atoms. The molecule has 1 heterocycles. The summed E-state index contributed by atoms with van der Waals surface area (Å²) >= 11 is 0. The Bertz CT molecular complexity index is 496. The number of nitrogens with one attached hydrogen (secondary N) is 1. The van der Waals surface area contributed by atoms with Crippen molar-refractivity contribution in [2.75, 3.05) is 24.6 Å². The summed E-state index contributed by atoms with van der Waals surface area (Å²) in [6.45, 7) is 0.477. The summed E-state index contributed by atoms with van der Waals surface area (Å²) in [4.78, 5) is 25.0. The van der Waals surface area contributed by atoms with Crippen LogP contribution in [0.15, 0.2) is 0 Å². The number of carboxylic acids is 1. The molecule has 1 aliphatic heterocycles. The summed E-state index contributed by atoms with van der Waals surface area (Å²) in [5, 5.41) is 11.9. The van der Waals surface area contributed by atoms with Crippen LogP contribution in [0.4, 0.5) is 4.79 Å². The van der Waals surface area contributed by atoms with Crippen LogP contribution in [0.5, 0.6) is 0 Å². The normalized spacial score (nSPS) is 24.9. The third kappa shape index (κ3) is 3.23. The number of amides is 2. The SMILES string of the molecule is O=C(NC1(C(=O)O)CCCC1)N1CCCS(=O)(=O)CC1. The maximum Gasteiger partial charge on any atom is 0.329 e. The van der Waals surface area contributed by atoms with Crippen LogP contribution in [0, 0.1) is 0 Å². The van der Waals surface area contributed by atoms with Crippen molar-refractivity contribution in [1.82, 2.24) is 10.2 Å². The topological polar surface area (TPSA) is 104 Å². The number of nitrogens with zero attached hydrogens (tertiary/aromatic N) is 1. The quantitative estimate of drug-likeness (QED) is 0.759. The van der Waals surface area contributed by atoms with Gasteiger partial charge in [0.25, 0.3) is 0 Å². The van der Waals surface area contributed by atoms with Gasteiger partial charge in [-0.2, -0.15) is 0 Å². The first-order valence-electron chi connectivity index (χ1n) is 6.86. The lowest BCUT2D eigenvalue weighted by Crippen LogP contribution is -2.56. The Hall–Kier alpha value is -1.31. The molecule has 7 nitrogen and oxygen atoms in total. The van der Waals surface area contributed by atoms with Crippen molar-refractivity contribution >= 4 is 21.8 Å². The lowest BCUT2D eigenvalue weighted by atomic mass is 9.98. The molecule has 1 saturated carbocycles. The molecule has 2 amide bonds. The minimum atomic E-state index is -3.08. The first kappa shape index (κ1) is 15.1. The number of aliphatic carboxylic acids is 1. The Labute approximate surface area is 118 Å². The summed E-state index contributed by atoms with van der Waals surface area (Å²) in [6, 6.07) is -0.466. The fourth-order valence-electron chi connectivity index (χ4n) is 2.80. The lowest BCUT2D eigenvalue weighted by molar-refractivity contribution is -0.144. The van der Waals surface area contributed by atoms with E-state index < -0.39 is 27.4 Å². The molecular formula is C12H20N2O5S. The highest BCUT2D eigenvalue weighted by atomic mass is 32.2. The number of carbonyl (C=O) groups is 2. The smallest absolute Gasteiger partial charge is 0.329 e. The third-order valence-electron chi connectivity index (χ3n) is 4.06. The van der Waals surface area contributed by atoms with Crippen molar-refractivity contribution < 1.29 is 23.1 Å². The molecule has 0 radical (unpaired) electrons. The second-order valence-corrected chi connectivity index (χ2v) is 7.82. The van der Waals surface area contributed by atoms with Crippen molar-refractivity contribution in [2.24, 2.45) is 0 Å². The van der Waals surface area contributed by atoms with Gasteiger partial charge in [-0.15, -0.1) is 0 Å². The number of rotatable bonds is 2. The molecule has 1 saturated heterocycles. The van der Waals surface area contributed by atoms with Crippen molar-refractivity contribution in [3.05, 3.63) is 0 Å². The third-order valence-corrected chi connectivity index (χ3v) is 5.77. The zero-order chi connectivity index (χ0) is 14.8. The number of hydrogen-bond donors (Lipinski definition) is 2. The molecule has 2 aliphatic rings. The molecule has 0 aromatic carbocycles. The van der Waals surface area contributed by atoms with Crippen LogP contribution in [-0.4, -0.2) is 60.6 Å². The van der Waals surface area contributed by atoms with Crippen LogP contribution in [0.3, 0.4) is 0 Å². The number of hydrogen-bond acceptors (Lipinski definition) is 4. The molecule has 1 aliphatic carbocycles. The van der Waals surface area contributed by atoms with Crippen molar-refractivity contribution in [2.45, 2.75) is 37.6 Å². The minimum absolute atomic E-state index is 0.0551. The van der Waals surface area contributed by atoms with Gasteiger partial charge in [0, 0.05) is 13.1 Å². The van der Waals surface area contributed by atoms with Crippen LogP contribution in [0.25, 0.3) is 0 Å². The number of carbonyl (C=O) groups excluding carboxylic acids is 1. The van der Waals surface area contributed by atoms with E-state index in [-0.39, 0.29) is 18.1 Å². The highest BCUT2D eigenvalue weighted by Crippen LogP contribution is 2.30. The van der Waals surface area contributed by atoms with E-state index >= 15 is 0 Å². The average molecular weight is 304 g/mol. The van der Waals surface area contributed by atoms with E-state index in [1.54, 1.807) is 0 Å². The summed E-state index contributed by atoms with van der Waals surface area (Å²) < 4.78 is 23.0. The highest BCUT2D eigenvalue weighted by molar-refractivity contribution is 7.91. The summed E-state index contributed by atoms with van der Waals surface area (Å²) in [5.41, 5.74) is -1.18. The molecule has 0 aromatic heterocycles. The minimum Gasteiger partial charge on any atom is -0.480 e. The largest absolute Gasteiger partial charge is 0.480 e. The first-order chi connectivity index (χ1) is 9.35. The molecule has 0 spiro atoms. The van der Waals surface area contributed by atoms with E-state index in [9.17, 15) is 23.1 Å². The predicted octanol–water partition coefficient (Wildman–Crippen LogP) is 0.214. The van der Waals surface area contributed by atoms with E-state index in [1.165, 1.54) is 4.90 Å². The van der Waals surface area contributed by atoms with Gasteiger partial charge in [-0.25, -0.2) is 18.0 Å². The van der Waals surface area contributed by atoms with Gasteiger partial charge in [-0.1, -0.05) is 12.8 Å². The van der Waals surface area contributed by atoms with Crippen LogP contribution in [0.1, 0.15) is 32.1 Å².